The van der Waals surface area contributed by atoms with E-state index in [0.29, 0.717) is 27.6 Å². The number of benzene rings is 2. The SMILES string of the molecule is Cc1cccc(CSc2nc(-c3cccc(C)c3)nc3c2c(=O)n(C)c(=O)n3C)c1. The molecule has 0 unspecified atom stereocenters. The molecule has 7 heteroatoms. The fraction of sp³-hybridized carbons (Fsp3) is 0.217. The van der Waals surface area contributed by atoms with Gasteiger partial charge in [0.15, 0.2) is 11.5 Å². The van der Waals surface area contributed by atoms with E-state index in [-0.39, 0.29) is 5.56 Å². The summed E-state index contributed by atoms with van der Waals surface area (Å²) in [6, 6.07) is 16.1. The third kappa shape index (κ3) is 3.68. The van der Waals surface area contributed by atoms with Crippen molar-refractivity contribution in [1.82, 2.24) is 19.1 Å². The van der Waals surface area contributed by atoms with E-state index in [2.05, 4.69) is 30.1 Å². The molecule has 0 radical (unpaired) electrons. The van der Waals surface area contributed by atoms with E-state index in [4.69, 9.17) is 4.98 Å². The Morgan fingerprint density at radius 1 is 0.900 bits per heavy atom. The number of nitrogens with zero attached hydrogens (tertiary/aromatic N) is 4. The first kappa shape index (κ1) is 20.1. The molecule has 0 aliphatic rings. The van der Waals surface area contributed by atoms with Crippen molar-refractivity contribution in [3.8, 4) is 11.4 Å². The van der Waals surface area contributed by atoms with E-state index in [9.17, 15) is 9.59 Å². The summed E-state index contributed by atoms with van der Waals surface area (Å²) >= 11 is 1.48. The topological polar surface area (TPSA) is 69.8 Å². The standard InChI is InChI=1S/C23H22N4O2S/c1-14-7-5-9-16(11-14)13-30-21-18-20(26(3)23(29)27(4)22(18)28)24-19(25-21)17-10-6-8-15(2)12-17/h5-12H,13H2,1-4H3. The molecule has 6 nitrogen and oxygen atoms in total. The molecule has 0 bridgehead atoms. The summed E-state index contributed by atoms with van der Waals surface area (Å²) in [6.45, 7) is 4.05. The van der Waals surface area contributed by atoms with Crippen molar-refractivity contribution in [2.24, 2.45) is 14.1 Å². The molecule has 2 aromatic heterocycles. The minimum atomic E-state index is -0.406. The lowest BCUT2D eigenvalue weighted by atomic mass is 10.1. The van der Waals surface area contributed by atoms with Gasteiger partial charge >= 0.3 is 5.69 Å². The number of aryl methyl sites for hydroxylation is 3. The Morgan fingerprint density at radius 2 is 1.60 bits per heavy atom. The number of hydrogen-bond donors (Lipinski definition) is 0. The highest BCUT2D eigenvalue weighted by atomic mass is 32.2. The van der Waals surface area contributed by atoms with Crippen LogP contribution in [0.4, 0.5) is 0 Å². The molecule has 0 saturated heterocycles. The van der Waals surface area contributed by atoms with Crippen molar-refractivity contribution < 1.29 is 0 Å². The van der Waals surface area contributed by atoms with Gasteiger partial charge in [0.05, 0.1) is 0 Å². The predicted octanol–water partition coefficient (Wildman–Crippen LogP) is 3.60. The fourth-order valence-electron chi connectivity index (χ4n) is 3.40. The number of fused-ring (bicyclic) bond motifs is 1. The molecule has 0 amide bonds. The molecule has 4 rings (SSSR count). The Labute approximate surface area is 178 Å². The Hall–Kier alpha value is -3.19. The van der Waals surface area contributed by atoms with Gasteiger partial charge < -0.3 is 0 Å². The summed E-state index contributed by atoms with van der Waals surface area (Å²) in [6.07, 6.45) is 0. The summed E-state index contributed by atoms with van der Waals surface area (Å²) in [5.41, 5.74) is 3.82. The molecule has 0 atom stereocenters. The quantitative estimate of drug-likeness (QED) is 0.374. The van der Waals surface area contributed by atoms with Crippen LogP contribution in [-0.2, 0) is 19.8 Å². The first-order valence-electron chi connectivity index (χ1n) is 9.58. The van der Waals surface area contributed by atoms with Gasteiger partial charge in [-0.3, -0.25) is 13.9 Å². The number of hydrogen-bond acceptors (Lipinski definition) is 5. The number of aromatic nitrogens is 4. The molecule has 0 spiro atoms. The van der Waals surface area contributed by atoms with E-state index in [0.717, 1.165) is 21.3 Å². The molecule has 0 saturated carbocycles. The summed E-state index contributed by atoms with van der Waals surface area (Å²) < 4.78 is 2.52. The molecule has 2 heterocycles. The van der Waals surface area contributed by atoms with E-state index in [1.54, 1.807) is 7.05 Å². The second-order valence-electron chi connectivity index (χ2n) is 7.40. The van der Waals surface area contributed by atoms with Crippen molar-refractivity contribution in [2.75, 3.05) is 0 Å². The van der Waals surface area contributed by atoms with Crippen LogP contribution in [-0.4, -0.2) is 19.1 Å². The largest absolute Gasteiger partial charge is 0.332 e. The summed E-state index contributed by atoms with van der Waals surface area (Å²) in [4.78, 5) is 34.8. The zero-order chi connectivity index (χ0) is 21.4. The molecule has 152 valence electrons. The fourth-order valence-corrected chi connectivity index (χ4v) is 4.36. The van der Waals surface area contributed by atoms with Crippen LogP contribution in [0.5, 0.6) is 0 Å². The highest BCUT2D eigenvalue weighted by molar-refractivity contribution is 7.98. The first-order chi connectivity index (χ1) is 14.3. The predicted molar refractivity (Wildman–Crippen MR) is 121 cm³/mol. The minimum absolute atomic E-state index is 0.348. The Kier molecular flexibility index (Phi) is 5.30. The van der Waals surface area contributed by atoms with Gasteiger partial charge in [0.2, 0.25) is 0 Å². The van der Waals surface area contributed by atoms with E-state index >= 15 is 0 Å². The molecular formula is C23H22N4O2S. The van der Waals surface area contributed by atoms with Crippen LogP contribution in [0.15, 0.2) is 63.1 Å². The van der Waals surface area contributed by atoms with Crippen LogP contribution in [0.3, 0.4) is 0 Å². The van der Waals surface area contributed by atoms with Crippen molar-refractivity contribution in [3.05, 3.63) is 86.1 Å². The van der Waals surface area contributed by atoms with Gasteiger partial charge in [-0.1, -0.05) is 53.6 Å². The second-order valence-corrected chi connectivity index (χ2v) is 8.37. The molecule has 2 aromatic carbocycles. The van der Waals surface area contributed by atoms with Crippen LogP contribution in [0, 0.1) is 13.8 Å². The lowest BCUT2D eigenvalue weighted by molar-refractivity contribution is 0.703. The van der Waals surface area contributed by atoms with Crippen LogP contribution in [0.1, 0.15) is 16.7 Å². The van der Waals surface area contributed by atoms with Gasteiger partial charge in [-0.15, -0.1) is 11.8 Å². The highest BCUT2D eigenvalue weighted by Gasteiger charge is 2.18. The van der Waals surface area contributed by atoms with Gasteiger partial charge in [0.25, 0.3) is 5.56 Å². The molecular weight excluding hydrogens is 396 g/mol. The zero-order valence-corrected chi connectivity index (χ0v) is 18.2. The van der Waals surface area contributed by atoms with Crippen LogP contribution in [0.25, 0.3) is 22.4 Å². The van der Waals surface area contributed by atoms with Gasteiger partial charge in [0.1, 0.15) is 10.4 Å². The van der Waals surface area contributed by atoms with Crippen molar-refractivity contribution >= 4 is 22.8 Å². The Balaban J connectivity index is 1.93. The van der Waals surface area contributed by atoms with E-state index in [1.807, 2.05) is 37.3 Å². The van der Waals surface area contributed by atoms with Crippen LogP contribution in [0.2, 0.25) is 0 Å². The second kappa shape index (κ2) is 7.91. The summed E-state index contributed by atoms with van der Waals surface area (Å²) in [7, 11) is 3.11. The average Bonchev–Trinajstić information content (AvgIpc) is 2.74. The summed E-state index contributed by atoms with van der Waals surface area (Å²) in [5.74, 6) is 1.16. The number of rotatable bonds is 4. The number of thioether (sulfide) groups is 1. The maximum atomic E-state index is 12.9. The molecule has 0 N–H and O–H groups in total. The van der Waals surface area contributed by atoms with Crippen LogP contribution < -0.4 is 11.2 Å². The monoisotopic (exact) mass is 418 g/mol. The Bertz CT molecular complexity index is 1390. The third-order valence-electron chi connectivity index (χ3n) is 5.00. The van der Waals surface area contributed by atoms with Crippen molar-refractivity contribution in [2.45, 2.75) is 24.6 Å². The Morgan fingerprint density at radius 3 is 2.30 bits per heavy atom. The zero-order valence-electron chi connectivity index (χ0n) is 17.3. The van der Waals surface area contributed by atoms with Gasteiger partial charge in [-0.2, -0.15) is 0 Å². The summed E-state index contributed by atoms with van der Waals surface area (Å²) in [5, 5.41) is 0.947. The molecule has 4 aromatic rings. The minimum Gasteiger partial charge on any atom is -0.280 e. The molecule has 30 heavy (non-hydrogen) atoms. The normalized spacial score (nSPS) is 11.2. The van der Waals surface area contributed by atoms with Gasteiger partial charge in [-0.05, 0) is 25.5 Å². The maximum absolute atomic E-state index is 12.9. The van der Waals surface area contributed by atoms with E-state index in [1.165, 1.54) is 28.9 Å². The van der Waals surface area contributed by atoms with Crippen LogP contribution >= 0.6 is 11.8 Å². The average molecular weight is 419 g/mol. The van der Waals surface area contributed by atoms with Gasteiger partial charge in [0, 0.05) is 25.4 Å². The molecule has 0 aliphatic carbocycles. The maximum Gasteiger partial charge on any atom is 0.332 e. The third-order valence-corrected chi connectivity index (χ3v) is 6.05. The van der Waals surface area contributed by atoms with Crippen molar-refractivity contribution in [1.29, 1.82) is 0 Å². The smallest absolute Gasteiger partial charge is 0.280 e. The lowest BCUT2D eigenvalue weighted by Gasteiger charge is -2.12. The lowest BCUT2D eigenvalue weighted by Crippen LogP contribution is -2.37. The van der Waals surface area contributed by atoms with Crippen molar-refractivity contribution in [3.63, 3.8) is 0 Å². The highest BCUT2D eigenvalue weighted by Crippen LogP contribution is 2.28. The first-order valence-corrected chi connectivity index (χ1v) is 10.6. The molecule has 0 fully saturated rings. The van der Waals surface area contributed by atoms with E-state index < -0.39 is 5.69 Å². The molecule has 0 aliphatic heterocycles. The van der Waals surface area contributed by atoms with Gasteiger partial charge in [-0.25, -0.2) is 14.8 Å².